The fourth-order valence-corrected chi connectivity index (χ4v) is 3.23. The number of carbonyl (C=O) groups excluding carboxylic acids is 1. The van der Waals surface area contributed by atoms with Crippen LogP contribution in [0, 0.1) is 0 Å². The Hall–Kier alpha value is -2.59. The molecule has 0 atom stereocenters. The predicted octanol–water partition coefficient (Wildman–Crippen LogP) is 2.78. The van der Waals surface area contributed by atoms with Gasteiger partial charge in [0, 0.05) is 37.2 Å². The highest BCUT2D eigenvalue weighted by Crippen LogP contribution is 2.21. The van der Waals surface area contributed by atoms with Crippen LogP contribution in [-0.4, -0.2) is 40.2 Å². The zero-order chi connectivity index (χ0) is 17.6. The Morgan fingerprint density at radius 3 is 2.52 bits per heavy atom. The van der Waals surface area contributed by atoms with E-state index in [1.807, 2.05) is 43.6 Å². The number of fused-ring (bicyclic) bond motifs is 1. The molecule has 130 valence electrons. The summed E-state index contributed by atoms with van der Waals surface area (Å²) in [5, 5.41) is 10.4. The molecule has 0 aliphatic heterocycles. The molecule has 0 aliphatic rings. The Morgan fingerprint density at radius 2 is 1.76 bits per heavy atom. The van der Waals surface area contributed by atoms with Crippen molar-refractivity contribution in [3.05, 3.63) is 71.9 Å². The van der Waals surface area contributed by atoms with Crippen molar-refractivity contribution >= 4 is 16.8 Å². The van der Waals surface area contributed by atoms with E-state index in [0.29, 0.717) is 19.5 Å². The van der Waals surface area contributed by atoms with Crippen LogP contribution in [0.25, 0.3) is 10.9 Å². The number of benzene rings is 2. The zero-order valence-corrected chi connectivity index (χ0v) is 14.6. The van der Waals surface area contributed by atoms with Gasteiger partial charge in [0.25, 0.3) is 0 Å². The van der Waals surface area contributed by atoms with Crippen molar-refractivity contribution in [3.63, 3.8) is 0 Å². The molecule has 0 aliphatic carbocycles. The largest absolute Gasteiger partial charge is 0.395 e. The minimum Gasteiger partial charge on any atom is -0.395 e. The van der Waals surface area contributed by atoms with E-state index in [0.717, 1.165) is 22.9 Å². The van der Waals surface area contributed by atoms with Crippen LogP contribution in [-0.2, 0) is 24.7 Å². The Bertz CT molecular complexity index is 839. The molecule has 0 saturated carbocycles. The zero-order valence-electron chi connectivity index (χ0n) is 14.6. The molecule has 1 aromatic heterocycles. The van der Waals surface area contributed by atoms with Crippen LogP contribution in [0.2, 0.25) is 0 Å². The first kappa shape index (κ1) is 17.2. The van der Waals surface area contributed by atoms with Gasteiger partial charge >= 0.3 is 0 Å². The van der Waals surface area contributed by atoms with Crippen LogP contribution in [0.1, 0.15) is 11.1 Å². The van der Waals surface area contributed by atoms with Crippen LogP contribution in [0.3, 0.4) is 0 Å². The summed E-state index contributed by atoms with van der Waals surface area (Å²) in [6.45, 7) is 0.973. The van der Waals surface area contributed by atoms with Gasteiger partial charge < -0.3 is 14.6 Å². The quantitative estimate of drug-likeness (QED) is 0.721. The van der Waals surface area contributed by atoms with E-state index in [9.17, 15) is 9.90 Å². The molecule has 3 rings (SSSR count). The van der Waals surface area contributed by atoms with Gasteiger partial charge in [-0.1, -0.05) is 48.5 Å². The number of carbonyl (C=O) groups is 1. The maximum absolute atomic E-state index is 12.8. The fraction of sp³-hybridized carbons (Fsp3) is 0.286. The molecule has 1 N–H and O–H groups in total. The number of hydrogen-bond acceptors (Lipinski definition) is 2. The van der Waals surface area contributed by atoms with Crippen LogP contribution in [0.15, 0.2) is 60.8 Å². The molecule has 0 fully saturated rings. The molecule has 0 radical (unpaired) electrons. The molecule has 0 spiro atoms. The van der Waals surface area contributed by atoms with Gasteiger partial charge in [0.2, 0.25) is 5.91 Å². The number of rotatable bonds is 7. The lowest BCUT2D eigenvalue weighted by atomic mass is 10.1. The molecular formula is C21H24N2O2. The van der Waals surface area contributed by atoms with Crippen LogP contribution in [0.5, 0.6) is 0 Å². The van der Waals surface area contributed by atoms with E-state index in [1.165, 1.54) is 5.56 Å². The average Bonchev–Trinajstić information content (AvgIpc) is 2.95. The highest BCUT2D eigenvalue weighted by atomic mass is 16.3. The van der Waals surface area contributed by atoms with E-state index in [2.05, 4.69) is 28.8 Å². The first-order chi connectivity index (χ1) is 12.2. The Morgan fingerprint density at radius 1 is 1.04 bits per heavy atom. The normalized spacial score (nSPS) is 11.0. The van der Waals surface area contributed by atoms with Crippen molar-refractivity contribution < 1.29 is 9.90 Å². The van der Waals surface area contributed by atoms with Gasteiger partial charge in [-0.15, -0.1) is 0 Å². The van der Waals surface area contributed by atoms with Gasteiger partial charge in [-0.05, 0) is 23.6 Å². The Balaban J connectivity index is 1.71. The van der Waals surface area contributed by atoms with Crippen LogP contribution < -0.4 is 0 Å². The fourth-order valence-electron chi connectivity index (χ4n) is 3.23. The van der Waals surface area contributed by atoms with Crippen molar-refractivity contribution in [2.75, 3.05) is 19.7 Å². The molecule has 4 nitrogen and oxygen atoms in total. The number of hydrogen-bond donors (Lipinski definition) is 1. The number of aliphatic hydroxyl groups excluding tert-OH is 1. The molecule has 3 aromatic rings. The van der Waals surface area contributed by atoms with Gasteiger partial charge in [0.15, 0.2) is 0 Å². The van der Waals surface area contributed by atoms with Crippen molar-refractivity contribution in [1.29, 1.82) is 0 Å². The van der Waals surface area contributed by atoms with Gasteiger partial charge in [-0.3, -0.25) is 4.79 Å². The lowest BCUT2D eigenvalue weighted by Gasteiger charge is -2.22. The Kier molecular flexibility index (Phi) is 5.51. The third-order valence-electron chi connectivity index (χ3n) is 4.56. The summed E-state index contributed by atoms with van der Waals surface area (Å²) < 4.78 is 2.05. The summed E-state index contributed by atoms with van der Waals surface area (Å²) in [5.41, 5.74) is 3.36. The second-order valence-electron chi connectivity index (χ2n) is 6.30. The minimum absolute atomic E-state index is 0.0178. The summed E-state index contributed by atoms with van der Waals surface area (Å²) in [6, 6.07) is 18.2. The molecule has 1 heterocycles. The summed E-state index contributed by atoms with van der Waals surface area (Å²) in [7, 11) is 2.00. The maximum atomic E-state index is 12.8. The van der Waals surface area contributed by atoms with E-state index in [4.69, 9.17) is 0 Å². The van der Waals surface area contributed by atoms with Gasteiger partial charge in [-0.2, -0.15) is 0 Å². The topological polar surface area (TPSA) is 45.5 Å². The van der Waals surface area contributed by atoms with Gasteiger partial charge in [-0.25, -0.2) is 0 Å². The second-order valence-corrected chi connectivity index (χ2v) is 6.30. The first-order valence-corrected chi connectivity index (χ1v) is 8.64. The number of aromatic nitrogens is 1. The van der Waals surface area contributed by atoms with Crippen LogP contribution in [0.4, 0.5) is 0 Å². The molecule has 0 unspecified atom stereocenters. The van der Waals surface area contributed by atoms with Crippen LogP contribution >= 0.6 is 0 Å². The lowest BCUT2D eigenvalue weighted by Crippen LogP contribution is -2.36. The predicted molar refractivity (Wildman–Crippen MR) is 100 cm³/mol. The highest BCUT2D eigenvalue weighted by Gasteiger charge is 2.16. The summed E-state index contributed by atoms with van der Waals surface area (Å²) in [5.74, 6) is 0.0568. The van der Waals surface area contributed by atoms with Crippen molar-refractivity contribution in [3.8, 4) is 0 Å². The molecule has 4 heteroatoms. The molecule has 0 bridgehead atoms. The lowest BCUT2D eigenvalue weighted by molar-refractivity contribution is -0.130. The second kappa shape index (κ2) is 7.99. The number of amides is 1. The number of aryl methyl sites for hydroxylation is 1. The summed E-state index contributed by atoms with van der Waals surface area (Å²) >= 11 is 0. The standard InChI is InChI=1S/C21H24N2O2/c1-22-16-18(19-9-5-6-10-20(19)22)15-21(25)23(13-14-24)12-11-17-7-3-2-4-8-17/h2-10,16,24H,11-15H2,1H3. The molecule has 25 heavy (non-hydrogen) atoms. The smallest absolute Gasteiger partial charge is 0.227 e. The van der Waals surface area contributed by atoms with E-state index >= 15 is 0 Å². The molecule has 0 saturated heterocycles. The van der Waals surface area contributed by atoms with Gasteiger partial charge in [0.05, 0.1) is 13.0 Å². The number of para-hydroxylation sites is 1. The molecular weight excluding hydrogens is 312 g/mol. The third-order valence-corrected chi connectivity index (χ3v) is 4.56. The van der Waals surface area contributed by atoms with E-state index in [1.54, 1.807) is 4.90 Å². The first-order valence-electron chi connectivity index (χ1n) is 8.64. The van der Waals surface area contributed by atoms with Gasteiger partial charge in [0.1, 0.15) is 0 Å². The van der Waals surface area contributed by atoms with E-state index < -0.39 is 0 Å². The van der Waals surface area contributed by atoms with Crippen molar-refractivity contribution in [2.45, 2.75) is 12.8 Å². The van der Waals surface area contributed by atoms with Crippen molar-refractivity contribution in [1.82, 2.24) is 9.47 Å². The minimum atomic E-state index is -0.0178. The number of nitrogens with zero attached hydrogens (tertiary/aromatic N) is 2. The average molecular weight is 336 g/mol. The molecule has 1 amide bonds. The molecule has 2 aromatic carbocycles. The van der Waals surface area contributed by atoms with Crippen molar-refractivity contribution in [2.24, 2.45) is 7.05 Å². The summed E-state index contributed by atoms with van der Waals surface area (Å²) in [6.07, 6.45) is 3.18. The summed E-state index contributed by atoms with van der Waals surface area (Å²) in [4.78, 5) is 14.5. The maximum Gasteiger partial charge on any atom is 0.227 e. The third kappa shape index (κ3) is 4.09. The van der Waals surface area contributed by atoms with E-state index in [-0.39, 0.29) is 12.5 Å². The highest BCUT2D eigenvalue weighted by molar-refractivity contribution is 5.89. The number of aliphatic hydroxyl groups is 1. The Labute approximate surface area is 148 Å². The SMILES string of the molecule is Cn1cc(CC(=O)N(CCO)CCc2ccccc2)c2ccccc21. The monoisotopic (exact) mass is 336 g/mol.